The van der Waals surface area contributed by atoms with Gasteiger partial charge >= 0.3 is 5.97 Å². The highest BCUT2D eigenvalue weighted by Crippen LogP contribution is 2.45. The number of aliphatic imine (C=N–C) groups is 1. The third-order valence-corrected chi connectivity index (χ3v) is 7.01. The van der Waals surface area contributed by atoms with Crippen molar-refractivity contribution in [1.82, 2.24) is 10.2 Å². The Morgan fingerprint density at radius 2 is 1.89 bits per heavy atom. The number of aryl methyl sites for hydroxylation is 2. The summed E-state index contributed by atoms with van der Waals surface area (Å²) in [5.41, 5.74) is 5.98. The predicted molar refractivity (Wildman–Crippen MR) is 142 cm³/mol. The van der Waals surface area contributed by atoms with Gasteiger partial charge in [-0.25, -0.2) is 9.79 Å². The molecular formula is C28H31N3O4S. The molecule has 0 unspecified atom stereocenters. The summed E-state index contributed by atoms with van der Waals surface area (Å²) >= 11 is 1.46. The third kappa shape index (κ3) is 5.71. The minimum absolute atomic E-state index is 0.112. The summed E-state index contributed by atoms with van der Waals surface area (Å²) in [6.07, 6.45) is 0.169. The Morgan fingerprint density at radius 1 is 1.11 bits per heavy atom. The summed E-state index contributed by atoms with van der Waals surface area (Å²) in [5, 5.41) is 5.56. The Balaban J connectivity index is 1.67. The monoisotopic (exact) mass is 505 g/mol. The van der Waals surface area contributed by atoms with Crippen molar-refractivity contribution in [1.29, 1.82) is 0 Å². The van der Waals surface area contributed by atoms with Crippen LogP contribution >= 0.6 is 11.8 Å². The minimum atomic E-state index is -0.450. The molecule has 8 heteroatoms. The van der Waals surface area contributed by atoms with Crippen LogP contribution in [0.3, 0.4) is 0 Å². The van der Waals surface area contributed by atoms with Gasteiger partial charge in [-0.3, -0.25) is 4.79 Å². The standard InChI is InChI=1S/C28H31N3O4S/c1-18-10-11-23(19(2)14-18)26-25(27(33)35-16-21-8-6-5-7-9-21)20(3)30-28-31(26)22(17-36-28)15-24(32)29-12-13-34-4/h5-11,14,17,26H,12-13,15-16H2,1-4H3,(H,29,32)/t26-/m1/s1. The van der Waals surface area contributed by atoms with Gasteiger partial charge in [0.25, 0.3) is 0 Å². The Kier molecular flexibility index (Phi) is 8.28. The van der Waals surface area contributed by atoms with Crippen molar-refractivity contribution in [3.8, 4) is 0 Å². The average molecular weight is 506 g/mol. The number of hydrogen-bond donors (Lipinski definition) is 1. The molecule has 1 amide bonds. The maximum absolute atomic E-state index is 13.5. The van der Waals surface area contributed by atoms with E-state index in [4.69, 9.17) is 14.5 Å². The van der Waals surface area contributed by atoms with Crippen LogP contribution in [0.1, 0.15) is 41.6 Å². The van der Waals surface area contributed by atoms with Crippen LogP contribution in [-0.2, 0) is 25.7 Å². The molecule has 1 atom stereocenters. The molecule has 0 saturated carbocycles. The molecule has 2 aliphatic rings. The number of methoxy groups -OCH3 is 1. The van der Waals surface area contributed by atoms with E-state index in [1.165, 1.54) is 11.8 Å². The smallest absolute Gasteiger partial charge is 0.338 e. The first-order chi connectivity index (χ1) is 17.4. The molecule has 2 aromatic carbocycles. The van der Waals surface area contributed by atoms with Gasteiger partial charge in [-0.1, -0.05) is 65.9 Å². The summed E-state index contributed by atoms with van der Waals surface area (Å²) in [5.74, 6) is -0.524. The van der Waals surface area contributed by atoms with Crippen LogP contribution in [-0.4, -0.2) is 42.2 Å². The largest absolute Gasteiger partial charge is 0.457 e. The van der Waals surface area contributed by atoms with Gasteiger partial charge in [-0.15, -0.1) is 0 Å². The molecule has 188 valence electrons. The second-order valence-electron chi connectivity index (χ2n) is 8.83. The average Bonchev–Trinajstić information content (AvgIpc) is 3.24. The van der Waals surface area contributed by atoms with E-state index in [0.29, 0.717) is 24.4 Å². The highest BCUT2D eigenvalue weighted by Gasteiger charge is 2.41. The van der Waals surface area contributed by atoms with Gasteiger partial charge in [0.2, 0.25) is 5.91 Å². The van der Waals surface area contributed by atoms with Crippen molar-refractivity contribution in [2.24, 2.45) is 4.99 Å². The van der Waals surface area contributed by atoms with Gasteiger partial charge in [0, 0.05) is 19.4 Å². The van der Waals surface area contributed by atoms with Crippen molar-refractivity contribution >= 4 is 28.8 Å². The molecule has 0 spiro atoms. The van der Waals surface area contributed by atoms with E-state index < -0.39 is 12.0 Å². The molecule has 0 bridgehead atoms. The number of carbonyl (C=O) groups is 2. The summed E-state index contributed by atoms with van der Waals surface area (Å²) < 4.78 is 10.8. The number of benzene rings is 2. The summed E-state index contributed by atoms with van der Waals surface area (Å²) in [6.45, 7) is 6.98. The van der Waals surface area contributed by atoms with Crippen LogP contribution in [0.4, 0.5) is 0 Å². The fraction of sp³-hybridized carbons (Fsp3) is 0.321. The second-order valence-corrected chi connectivity index (χ2v) is 9.67. The molecule has 0 fully saturated rings. The number of nitrogens with zero attached hydrogens (tertiary/aromatic N) is 2. The highest BCUT2D eigenvalue weighted by atomic mass is 32.2. The molecule has 2 aromatic rings. The quantitative estimate of drug-likeness (QED) is 0.391. The number of fused-ring (bicyclic) bond motifs is 1. The topological polar surface area (TPSA) is 80.2 Å². The van der Waals surface area contributed by atoms with Crippen LogP contribution in [0.15, 0.2) is 75.9 Å². The first-order valence-electron chi connectivity index (χ1n) is 11.9. The number of hydrogen-bond acceptors (Lipinski definition) is 7. The maximum Gasteiger partial charge on any atom is 0.338 e. The van der Waals surface area contributed by atoms with Crippen LogP contribution < -0.4 is 5.32 Å². The Bertz CT molecular complexity index is 1240. The van der Waals surface area contributed by atoms with Crippen LogP contribution in [0.2, 0.25) is 0 Å². The second kappa shape index (κ2) is 11.6. The van der Waals surface area contributed by atoms with E-state index in [-0.39, 0.29) is 18.9 Å². The highest BCUT2D eigenvalue weighted by molar-refractivity contribution is 8.16. The lowest BCUT2D eigenvalue weighted by Gasteiger charge is -2.37. The molecule has 2 aliphatic heterocycles. The van der Waals surface area contributed by atoms with E-state index in [2.05, 4.69) is 17.4 Å². The number of amides is 1. The number of nitrogens with one attached hydrogen (secondary N) is 1. The number of carbonyl (C=O) groups excluding carboxylic acids is 2. The van der Waals surface area contributed by atoms with Crippen LogP contribution in [0, 0.1) is 13.8 Å². The molecule has 7 nitrogen and oxygen atoms in total. The molecule has 4 rings (SSSR count). The van der Waals surface area contributed by atoms with Crippen molar-refractivity contribution in [3.63, 3.8) is 0 Å². The lowest BCUT2D eigenvalue weighted by molar-refractivity contribution is -0.141. The fourth-order valence-electron chi connectivity index (χ4n) is 4.38. The first kappa shape index (κ1) is 25.7. The van der Waals surface area contributed by atoms with E-state index in [0.717, 1.165) is 33.1 Å². The van der Waals surface area contributed by atoms with Crippen LogP contribution in [0.25, 0.3) is 0 Å². The summed E-state index contributed by atoms with van der Waals surface area (Å²) in [6, 6.07) is 15.4. The Hall–Kier alpha value is -3.36. The molecule has 0 radical (unpaired) electrons. The zero-order valence-electron chi connectivity index (χ0n) is 21.0. The van der Waals surface area contributed by atoms with Crippen molar-refractivity contribution < 1.29 is 19.1 Å². The van der Waals surface area contributed by atoms with Crippen molar-refractivity contribution in [2.75, 3.05) is 20.3 Å². The van der Waals surface area contributed by atoms with Gasteiger partial charge in [0.15, 0.2) is 5.17 Å². The molecule has 0 saturated heterocycles. The predicted octanol–water partition coefficient (Wildman–Crippen LogP) is 4.77. The van der Waals surface area contributed by atoms with E-state index >= 15 is 0 Å². The molecule has 2 heterocycles. The minimum Gasteiger partial charge on any atom is -0.457 e. The lowest BCUT2D eigenvalue weighted by atomic mass is 9.90. The van der Waals surface area contributed by atoms with Gasteiger partial charge in [-0.2, -0.15) is 0 Å². The number of esters is 1. The molecular weight excluding hydrogens is 474 g/mol. The molecule has 1 N–H and O–H groups in total. The van der Waals surface area contributed by atoms with Gasteiger partial charge < -0.3 is 19.7 Å². The zero-order chi connectivity index (χ0) is 25.7. The van der Waals surface area contributed by atoms with E-state index in [9.17, 15) is 9.59 Å². The Morgan fingerprint density at radius 3 is 2.61 bits per heavy atom. The zero-order valence-corrected chi connectivity index (χ0v) is 21.9. The number of rotatable bonds is 9. The number of amidine groups is 1. The van der Waals surface area contributed by atoms with Gasteiger partial charge in [-0.05, 0) is 42.9 Å². The van der Waals surface area contributed by atoms with Gasteiger partial charge in [0.05, 0.1) is 30.3 Å². The normalized spacial score (nSPS) is 16.9. The van der Waals surface area contributed by atoms with Crippen molar-refractivity contribution in [2.45, 2.75) is 39.8 Å². The number of ether oxygens (including phenoxy) is 2. The fourth-order valence-corrected chi connectivity index (χ4v) is 5.34. The van der Waals surface area contributed by atoms with Crippen molar-refractivity contribution in [3.05, 3.63) is 93.2 Å². The molecule has 0 aromatic heterocycles. The Labute approximate surface area is 216 Å². The third-order valence-electron chi connectivity index (χ3n) is 6.12. The number of allylic oxidation sites excluding steroid dienone is 1. The van der Waals surface area contributed by atoms with Gasteiger partial charge in [0.1, 0.15) is 6.61 Å². The first-order valence-corrected chi connectivity index (χ1v) is 12.7. The summed E-state index contributed by atoms with van der Waals surface area (Å²) in [7, 11) is 1.60. The van der Waals surface area contributed by atoms with Crippen LogP contribution in [0.5, 0.6) is 0 Å². The number of thioether (sulfide) groups is 1. The lowest BCUT2D eigenvalue weighted by Crippen LogP contribution is -2.38. The molecule has 36 heavy (non-hydrogen) atoms. The summed E-state index contributed by atoms with van der Waals surface area (Å²) in [4.78, 5) is 32.9. The SMILES string of the molecule is COCCNC(=O)CC1=CSC2=NC(C)=C(C(=O)OCc3ccccc3)[C@@H](c3ccc(C)cc3C)N12. The maximum atomic E-state index is 13.5. The van der Waals surface area contributed by atoms with E-state index in [1.54, 1.807) is 7.11 Å². The molecule has 0 aliphatic carbocycles. The van der Waals surface area contributed by atoms with E-state index in [1.807, 2.05) is 67.5 Å².